The van der Waals surface area contributed by atoms with Crippen molar-refractivity contribution in [2.75, 3.05) is 5.32 Å². The highest BCUT2D eigenvalue weighted by Gasteiger charge is 2.16. The predicted molar refractivity (Wildman–Crippen MR) is 86.4 cm³/mol. The van der Waals surface area contributed by atoms with E-state index in [-0.39, 0.29) is 26.4 Å². The Labute approximate surface area is 143 Å². The Morgan fingerprint density at radius 2 is 1.70 bits per heavy atom. The van der Waals surface area contributed by atoms with Gasteiger partial charge in [-0.2, -0.15) is 0 Å². The number of pyridine rings is 1. The zero-order valence-electron chi connectivity index (χ0n) is 9.55. The summed E-state index contributed by atoms with van der Waals surface area (Å²) in [6.45, 7) is 0. The van der Waals surface area contributed by atoms with Gasteiger partial charge in [-0.3, -0.25) is 4.79 Å². The lowest BCUT2D eigenvalue weighted by atomic mass is 10.2. The van der Waals surface area contributed by atoms with Crippen LogP contribution in [0.3, 0.4) is 0 Å². The van der Waals surface area contributed by atoms with Gasteiger partial charge in [-0.15, -0.1) is 0 Å². The Morgan fingerprint density at radius 3 is 2.30 bits per heavy atom. The number of nitrogens with one attached hydrogen (secondary N) is 1. The van der Waals surface area contributed by atoms with Crippen LogP contribution in [0, 0.1) is 0 Å². The molecule has 1 N–H and O–H groups in total. The van der Waals surface area contributed by atoms with Gasteiger partial charge >= 0.3 is 0 Å². The molecule has 0 saturated carbocycles. The van der Waals surface area contributed by atoms with Crippen LogP contribution in [0.4, 0.5) is 5.69 Å². The number of nitrogens with zero attached hydrogens (tertiary/aromatic N) is 1. The summed E-state index contributed by atoms with van der Waals surface area (Å²) >= 11 is 26.9. The van der Waals surface area contributed by atoms with Gasteiger partial charge < -0.3 is 5.32 Å². The summed E-state index contributed by atoms with van der Waals surface area (Å²) in [7, 11) is 0. The van der Waals surface area contributed by atoms with Gasteiger partial charge in [0.1, 0.15) is 5.15 Å². The molecule has 0 aliphatic heterocycles. The summed E-state index contributed by atoms with van der Waals surface area (Å²) in [4.78, 5) is 16.0. The van der Waals surface area contributed by atoms with E-state index < -0.39 is 5.91 Å². The Morgan fingerprint density at radius 1 is 1.10 bits per heavy atom. The first-order chi connectivity index (χ1) is 9.38. The molecule has 0 aliphatic rings. The predicted octanol–water partition coefficient (Wildman–Crippen LogP) is 5.71. The topological polar surface area (TPSA) is 42.0 Å². The van der Waals surface area contributed by atoms with Crippen LogP contribution < -0.4 is 5.32 Å². The van der Waals surface area contributed by atoms with Crippen LogP contribution in [0.25, 0.3) is 0 Å². The maximum absolute atomic E-state index is 12.2. The molecule has 20 heavy (non-hydrogen) atoms. The molecule has 3 nitrogen and oxygen atoms in total. The van der Waals surface area contributed by atoms with Gasteiger partial charge in [-0.25, -0.2) is 4.98 Å². The minimum absolute atomic E-state index is 0.0758. The van der Waals surface area contributed by atoms with Crippen molar-refractivity contribution in [1.29, 1.82) is 0 Å². The normalized spacial score (nSPS) is 10.4. The fourth-order valence-corrected chi connectivity index (χ4v) is 2.86. The molecule has 8 heteroatoms. The van der Waals surface area contributed by atoms with Crippen molar-refractivity contribution >= 4 is 73.9 Å². The molecule has 0 atom stereocenters. The van der Waals surface area contributed by atoms with E-state index >= 15 is 0 Å². The summed E-state index contributed by atoms with van der Waals surface area (Å²) in [5, 5.41) is 3.50. The zero-order chi connectivity index (χ0) is 14.9. The average Bonchev–Trinajstić information content (AvgIpc) is 2.36. The minimum Gasteiger partial charge on any atom is -0.319 e. The van der Waals surface area contributed by atoms with Crippen molar-refractivity contribution in [3.8, 4) is 0 Å². The molecular formula is C12H5BrCl4N2O. The van der Waals surface area contributed by atoms with E-state index in [1.165, 1.54) is 18.3 Å². The zero-order valence-corrected chi connectivity index (χ0v) is 14.2. The first kappa shape index (κ1) is 15.9. The highest BCUT2D eigenvalue weighted by Crippen LogP contribution is 2.34. The summed E-state index contributed by atoms with van der Waals surface area (Å²) in [6, 6.07) is 4.50. The van der Waals surface area contributed by atoms with E-state index in [9.17, 15) is 4.79 Å². The average molecular weight is 415 g/mol. The standard InChI is InChI=1S/C12H5BrCl4N2O/c13-5-1-7(11(17)18-4-5)12(20)19-10-8(15)2-6(14)3-9(10)16/h1-4H,(H,19,20). The van der Waals surface area contributed by atoms with Gasteiger partial charge in [0.15, 0.2) is 0 Å². The second-order valence-corrected chi connectivity index (χ2v) is 6.21. The van der Waals surface area contributed by atoms with Gasteiger partial charge in [0.25, 0.3) is 5.91 Å². The maximum atomic E-state index is 12.2. The number of benzene rings is 1. The Balaban J connectivity index is 2.35. The van der Waals surface area contributed by atoms with E-state index in [1.54, 1.807) is 6.07 Å². The number of hydrogen-bond donors (Lipinski definition) is 1. The molecule has 1 heterocycles. The molecule has 104 valence electrons. The summed E-state index contributed by atoms with van der Waals surface area (Å²) < 4.78 is 0.625. The smallest absolute Gasteiger partial charge is 0.258 e. The van der Waals surface area contributed by atoms with Gasteiger partial charge in [-0.05, 0) is 34.1 Å². The Bertz CT molecular complexity index is 670. The molecule has 1 aromatic heterocycles. The molecule has 0 spiro atoms. The van der Waals surface area contributed by atoms with Crippen molar-refractivity contribution in [3.63, 3.8) is 0 Å². The largest absolute Gasteiger partial charge is 0.319 e. The molecule has 1 aromatic carbocycles. The SMILES string of the molecule is O=C(Nc1c(Cl)cc(Cl)cc1Cl)c1cc(Br)cnc1Cl. The van der Waals surface area contributed by atoms with Gasteiger partial charge in [0.2, 0.25) is 0 Å². The molecule has 2 rings (SSSR count). The van der Waals surface area contributed by atoms with Crippen LogP contribution >= 0.6 is 62.3 Å². The Kier molecular flexibility index (Phi) is 5.15. The van der Waals surface area contributed by atoms with Crippen LogP contribution in [-0.4, -0.2) is 10.9 Å². The lowest BCUT2D eigenvalue weighted by Gasteiger charge is -2.10. The molecule has 0 unspecified atom stereocenters. The number of aromatic nitrogens is 1. The molecule has 2 aromatic rings. The number of anilines is 1. The van der Waals surface area contributed by atoms with Crippen molar-refractivity contribution in [2.24, 2.45) is 0 Å². The van der Waals surface area contributed by atoms with E-state index in [0.717, 1.165) is 0 Å². The minimum atomic E-state index is -0.477. The number of amides is 1. The highest BCUT2D eigenvalue weighted by atomic mass is 79.9. The second-order valence-electron chi connectivity index (χ2n) is 3.69. The van der Waals surface area contributed by atoms with Crippen LogP contribution in [0.1, 0.15) is 10.4 Å². The second kappa shape index (κ2) is 6.50. The van der Waals surface area contributed by atoms with Gasteiger partial charge in [0, 0.05) is 15.7 Å². The van der Waals surface area contributed by atoms with E-state index in [0.29, 0.717) is 9.50 Å². The summed E-state index contributed by atoms with van der Waals surface area (Å²) in [6.07, 6.45) is 1.49. The molecule has 0 saturated heterocycles. The third-order valence-corrected chi connectivity index (χ3v) is 3.84. The van der Waals surface area contributed by atoms with E-state index in [4.69, 9.17) is 46.4 Å². The Hall–Kier alpha value is -0.520. The molecule has 0 bridgehead atoms. The van der Waals surface area contributed by atoms with Crippen molar-refractivity contribution in [3.05, 3.63) is 54.7 Å². The molecular weight excluding hydrogens is 410 g/mol. The lowest BCUT2D eigenvalue weighted by Crippen LogP contribution is -2.13. The van der Waals surface area contributed by atoms with E-state index in [2.05, 4.69) is 26.2 Å². The lowest BCUT2D eigenvalue weighted by molar-refractivity contribution is 0.102. The molecule has 0 radical (unpaired) electrons. The van der Waals surface area contributed by atoms with Crippen LogP contribution in [-0.2, 0) is 0 Å². The van der Waals surface area contributed by atoms with E-state index in [1.807, 2.05) is 0 Å². The summed E-state index contributed by atoms with van der Waals surface area (Å²) in [5.74, 6) is -0.477. The van der Waals surface area contributed by atoms with Crippen molar-refractivity contribution in [2.45, 2.75) is 0 Å². The summed E-state index contributed by atoms with van der Waals surface area (Å²) in [5.41, 5.74) is 0.460. The van der Waals surface area contributed by atoms with Crippen LogP contribution in [0.5, 0.6) is 0 Å². The maximum Gasteiger partial charge on any atom is 0.258 e. The number of hydrogen-bond acceptors (Lipinski definition) is 2. The van der Waals surface area contributed by atoms with Crippen molar-refractivity contribution in [1.82, 2.24) is 4.98 Å². The highest BCUT2D eigenvalue weighted by molar-refractivity contribution is 9.10. The molecule has 0 aliphatic carbocycles. The van der Waals surface area contributed by atoms with Crippen LogP contribution in [0.2, 0.25) is 20.2 Å². The van der Waals surface area contributed by atoms with Gasteiger partial charge in [0.05, 0.1) is 21.3 Å². The number of halogens is 5. The third kappa shape index (κ3) is 3.57. The monoisotopic (exact) mass is 412 g/mol. The number of carbonyl (C=O) groups is 1. The fourth-order valence-electron chi connectivity index (χ4n) is 1.42. The third-order valence-electron chi connectivity index (χ3n) is 2.30. The first-order valence-electron chi connectivity index (χ1n) is 5.15. The molecule has 0 fully saturated rings. The molecule has 1 amide bonds. The fraction of sp³-hybridized carbons (Fsp3) is 0. The number of carbonyl (C=O) groups excluding carboxylic acids is 1. The quantitative estimate of drug-likeness (QED) is 0.639. The van der Waals surface area contributed by atoms with Gasteiger partial charge in [-0.1, -0.05) is 46.4 Å². The van der Waals surface area contributed by atoms with Crippen LogP contribution in [0.15, 0.2) is 28.9 Å². The van der Waals surface area contributed by atoms with Crippen molar-refractivity contribution < 1.29 is 4.79 Å². The first-order valence-corrected chi connectivity index (χ1v) is 7.46. The number of rotatable bonds is 2.